The van der Waals surface area contributed by atoms with Crippen molar-refractivity contribution >= 4 is 11.7 Å². The Morgan fingerprint density at radius 1 is 1.12 bits per heavy atom. The number of urea groups is 1. The summed E-state index contributed by atoms with van der Waals surface area (Å²) in [5.41, 5.74) is 4.08. The van der Waals surface area contributed by atoms with Gasteiger partial charge in [-0.15, -0.1) is 0 Å². The number of carbonyl (C=O) groups excluding carboxylic acids is 1. The molecule has 1 aliphatic heterocycles. The van der Waals surface area contributed by atoms with Crippen LogP contribution in [0.2, 0.25) is 0 Å². The summed E-state index contributed by atoms with van der Waals surface area (Å²) in [5.74, 6) is 0.806. The second kappa shape index (κ2) is 6.92. The van der Waals surface area contributed by atoms with Gasteiger partial charge in [0, 0.05) is 37.1 Å². The number of ether oxygens (including phenoxy) is 1. The van der Waals surface area contributed by atoms with Crippen molar-refractivity contribution in [2.75, 3.05) is 25.1 Å². The van der Waals surface area contributed by atoms with Crippen LogP contribution in [0.5, 0.6) is 5.75 Å². The summed E-state index contributed by atoms with van der Waals surface area (Å²) in [5, 5.41) is 6.78. The number of benzene rings is 2. The summed E-state index contributed by atoms with van der Waals surface area (Å²) < 4.78 is 5.26. The van der Waals surface area contributed by atoms with Crippen LogP contribution >= 0.6 is 0 Å². The van der Waals surface area contributed by atoms with E-state index in [1.165, 1.54) is 0 Å². The largest absolute Gasteiger partial charge is 0.497 e. The Labute approximate surface area is 152 Å². The minimum absolute atomic E-state index is 0.0314. The summed E-state index contributed by atoms with van der Waals surface area (Å²) in [6.45, 7) is 1.98. The molecule has 132 valence electrons. The highest BCUT2D eigenvalue weighted by Crippen LogP contribution is 2.26. The fraction of sp³-hybridized carbons (Fsp3) is 0.200. The van der Waals surface area contributed by atoms with E-state index >= 15 is 0 Å². The number of amides is 2. The summed E-state index contributed by atoms with van der Waals surface area (Å²) in [6, 6.07) is 15.8. The average molecular weight is 348 g/mol. The van der Waals surface area contributed by atoms with Gasteiger partial charge in [0.2, 0.25) is 0 Å². The van der Waals surface area contributed by atoms with Gasteiger partial charge in [-0.05, 0) is 35.4 Å². The van der Waals surface area contributed by atoms with E-state index in [0.29, 0.717) is 19.6 Å². The molecule has 1 N–H and O–H groups in total. The molecule has 1 aromatic heterocycles. The molecule has 0 radical (unpaired) electrons. The van der Waals surface area contributed by atoms with Gasteiger partial charge in [-0.2, -0.15) is 5.10 Å². The van der Waals surface area contributed by atoms with E-state index < -0.39 is 0 Å². The van der Waals surface area contributed by atoms with Gasteiger partial charge in [-0.1, -0.05) is 24.3 Å². The van der Waals surface area contributed by atoms with E-state index in [2.05, 4.69) is 10.2 Å². The van der Waals surface area contributed by atoms with Crippen molar-refractivity contribution in [3.05, 3.63) is 66.5 Å². The van der Waals surface area contributed by atoms with Gasteiger partial charge in [-0.3, -0.25) is 10.00 Å². The number of aromatic nitrogens is 2. The van der Waals surface area contributed by atoms with Crippen molar-refractivity contribution in [2.24, 2.45) is 0 Å². The number of carbonyl (C=O) groups is 1. The number of hydrogen-bond acceptors (Lipinski definition) is 3. The second-order valence-electron chi connectivity index (χ2n) is 6.24. The molecule has 2 aromatic carbocycles. The molecule has 2 heterocycles. The first kappa shape index (κ1) is 16.2. The van der Waals surface area contributed by atoms with Crippen molar-refractivity contribution in [1.29, 1.82) is 0 Å². The van der Waals surface area contributed by atoms with Crippen LogP contribution in [0.1, 0.15) is 5.56 Å². The Hall–Kier alpha value is -3.28. The SMILES string of the molecule is COc1cccc(CN2CCN(c3ccc(-c4cn[nH]c4)cc3)C2=O)c1. The summed E-state index contributed by atoms with van der Waals surface area (Å²) in [7, 11) is 1.65. The van der Waals surface area contributed by atoms with Gasteiger partial charge in [0.25, 0.3) is 0 Å². The topological polar surface area (TPSA) is 61.5 Å². The van der Waals surface area contributed by atoms with Crippen LogP contribution in [-0.2, 0) is 6.54 Å². The lowest BCUT2D eigenvalue weighted by Gasteiger charge is -2.19. The third kappa shape index (κ3) is 3.13. The first-order valence-corrected chi connectivity index (χ1v) is 8.53. The summed E-state index contributed by atoms with van der Waals surface area (Å²) in [4.78, 5) is 16.5. The van der Waals surface area contributed by atoms with Gasteiger partial charge >= 0.3 is 6.03 Å². The Morgan fingerprint density at radius 3 is 2.69 bits per heavy atom. The molecule has 2 amide bonds. The third-order valence-corrected chi connectivity index (χ3v) is 4.61. The van der Waals surface area contributed by atoms with E-state index in [9.17, 15) is 4.79 Å². The van der Waals surface area contributed by atoms with Crippen LogP contribution in [0, 0.1) is 0 Å². The standard InChI is InChI=1S/C20H20N4O2/c1-26-19-4-2-3-15(11-19)14-23-9-10-24(20(23)25)18-7-5-16(6-8-18)17-12-21-22-13-17/h2-8,11-13H,9-10,14H2,1H3,(H,21,22). The van der Waals surface area contributed by atoms with Gasteiger partial charge < -0.3 is 9.64 Å². The number of methoxy groups -OCH3 is 1. The first-order chi connectivity index (χ1) is 12.7. The highest BCUT2D eigenvalue weighted by Gasteiger charge is 2.29. The molecule has 0 bridgehead atoms. The van der Waals surface area contributed by atoms with Crippen molar-refractivity contribution in [3.63, 3.8) is 0 Å². The van der Waals surface area contributed by atoms with Crippen LogP contribution in [0.3, 0.4) is 0 Å². The van der Waals surface area contributed by atoms with Crippen LogP contribution in [0.25, 0.3) is 11.1 Å². The summed E-state index contributed by atoms with van der Waals surface area (Å²) in [6.07, 6.45) is 3.64. The molecule has 1 fully saturated rings. The average Bonchev–Trinajstić information content (AvgIpc) is 3.33. The fourth-order valence-electron chi connectivity index (χ4n) is 3.20. The molecule has 26 heavy (non-hydrogen) atoms. The number of nitrogens with one attached hydrogen (secondary N) is 1. The van der Waals surface area contributed by atoms with Gasteiger partial charge in [0.1, 0.15) is 5.75 Å². The molecule has 3 aromatic rings. The van der Waals surface area contributed by atoms with Gasteiger partial charge in [0.05, 0.1) is 13.3 Å². The van der Waals surface area contributed by atoms with E-state index in [-0.39, 0.29) is 6.03 Å². The molecule has 0 saturated carbocycles. The van der Waals surface area contributed by atoms with Crippen LogP contribution in [0.4, 0.5) is 10.5 Å². The van der Waals surface area contributed by atoms with Crippen molar-refractivity contribution < 1.29 is 9.53 Å². The zero-order valence-corrected chi connectivity index (χ0v) is 14.6. The van der Waals surface area contributed by atoms with Crippen LogP contribution < -0.4 is 9.64 Å². The van der Waals surface area contributed by atoms with Crippen molar-refractivity contribution in [3.8, 4) is 16.9 Å². The normalized spacial score (nSPS) is 14.1. The molecule has 0 spiro atoms. The van der Waals surface area contributed by atoms with E-state index in [4.69, 9.17) is 4.74 Å². The molecular weight excluding hydrogens is 328 g/mol. The minimum Gasteiger partial charge on any atom is -0.497 e. The lowest BCUT2D eigenvalue weighted by molar-refractivity contribution is 0.218. The molecule has 0 atom stereocenters. The molecule has 1 saturated heterocycles. The smallest absolute Gasteiger partial charge is 0.324 e. The number of aromatic amines is 1. The number of nitrogens with zero attached hydrogens (tertiary/aromatic N) is 3. The highest BCUT2D eigenvalue weighted by atomic mass is 16.5. The predicted molar refractivity (Wildman–Crippen MR) is 100 cm³/mol. The van der Waals surface area contributed by atoms with Crippen LogP contribution in [0.15, 0.2) is 60.9 Å². The van der Waals surface area contributed by atoms with Crippen molar-refractivity contribution in [2.45, 2.75) is 6.54 Å². The van der Waals surface area contributed by atoms with E-state index in [0.717, 1.165) is 28.1 Å². The lowest BCUT2D eigenvalue weighted by Crippen LogP contribution is -2.31. The fourth-order valence-corrected chi connectivity index (χ4v) is 3.20. The second-order valence-corrected chi connectivity index (χ2v) is 6.24. The maximum atomic E-state index is 12.8. The predicted octanol–water partition coefficient (Wildman–Crippen LogP) is 3.53. The van der Waals surface area contributed by atoms with Crippen molar-refractivity contribution in [1.82, 2.24) is 15.1 Å². The summed E-state index contributed by atoms with van der Waals surface area (Å²) >= 11 is 0. The quantitative estimate of drug-likeness (QED) is 0.767. The number of H-pyrrole nitrogens is 1. The minimum atomic E-state index is 0.0314. The Bertz CT molecular complexity index is 890. The van der Waals surface area contributed by atoms with Gasteiger partial charge in [-0.25, -0.2) is 4.79 Å². The number of anilines is 1. The Morgan fingerprint density at radius 2 is 1.96 bits per heavy atom. The van der Waals surface area contributed by atoms with Gasteiger partial charge in [0.15, 0.2) is 0 Å². The first-order valence-electron chi connectivity index (χ1n) is 8.53. The zero-order valence-electron chi connectivity index (χ0n) is 14.6. The molecule has 4 rings (SSSR count). The molecule has 0 unspecified atom stereocenters. The Balaban J connectivity index is 1.46. The Kier molecular flexibility index (Phi) is 4.31. The van der Waals surface area contributed by atoms with E-state index in [1.807, 2.05) is 64.5 Å². The molecular formula is C20H20N4O2. The molecule has 6 nitrogen and oxygen atoms in total. The monoisotopic (exact) mass is 348 g/mol. The maximum Gasteiger partial charge on any atom is 0.324 e. The number of rotatable bonds is 5. The molecule has 0 aliphatic carbocycles. The lowest BCUT2D eigenvalue weighted by atomic mass is 10.1. The molecule has 1 aliphatic rings. The van der Waals surface area contributed by atoms with E-state index in [1.54, 1.807) is 13.3 Å². The number of hydrogen-bond donors (Lipinski definition) is 1. The molecule has 6 heteroatoms. The zero-order chi connectivity index (χ0) is 17.9. The maximum absolute atomic E-state index is 12.8. The van der Waals surface area contributed by atoms with Crippen LogP contribution in [-0.4, -0.2) is 41.3 Å². The third-order valence-electron chi connectivity index (χ3n) is 4.61. The highest BCUT2D eigenvalue weighted by molar-refractivity contribution is 5.94.